The minimum absolute atomic E-state index is 0.0538. The molecule has 0 aliphatic heterocycles. The number of aromatic amines is 1. The zero-order valence-corrected chi connectivity index (χ0v) is 12.0. The molecule has 0 saturated carbocycles. The molecule has 7 heteroatoms. The van der Waals surface area contributed by atoms with Crippen LogP contribution < -0.4 is 5.56 Å². The number of aliphatic hydroxyl groups is 1. The number of ether oxygens (including phenoxy) is 1. The van der Waals surface area contributed by atoms with Gasteiger partial charge in [-0.25, -0.2) is 9.78 Å². The summed E-state index contributed by atoms with van der Waals surface area (Å²) in [6, 6.07) is 1.45. The van der Waals surface area contributed by atoms with E-state index in [-0.39, 0.29) is 11.3 Å². The Morgan fingerprint density at radius 1 is 1.63 bits per heavy atom. The highest BCUT2D eigenvalue weighted by Gasteiger charge is 2.31. The predicted octanol–water partition coefficient (Wildman–Crippen LogP) is 0.738. The number of carbonyl (C=O) groups excluding carboxylic acids is 1. The predicted molar refractivity (Wildman–Crippen MR) is 72.2 cm³/mol. The third-order valence-corrected chi connectivity index (χ3v) is 3.57. The number of H-pyrrole nitrogens is 1. The lowest BCUT2D eigenvalue weighted by Crippen LogP contribution is -2.38. The number of hydrogen-bond donors (Lipinski definition) is 2. The number of hydrogen-bond acceptors (Lipinski definition) is 6. The standard InChI is InChI=1S/C12H18N2O4S/c1-4-5-8-6-9(15)14-11(13-8)19-7-12(2,17)10(16)18-3/h6,17H,4-5,7H2,1-3H3,(H,13,14,15). The normalized spacial score (nSPS) is 13.9. The van der Waals surface area contributed by atoms with Crippen molar-refractivity contribution in [3.8, 4) is 0 Å². The van der Waals surface area contributed by atoms with Crippen LogP contribution in [0, 0.1) is 0 Å². The second-order valence-electron chi connectivity index (χ2n) is 4.35. The maximum absolute atomic E-state index is 11.4. The summed E-state index contributed by atoms with van der Waals surface area (Å²) in [6.45, 7) is 3.36. The number of aryl methyl sites for hydroxylation is 1. The minimum atomic E-state index is -1.61. The van der Waals surface area contributed by atoms with Crippen molar-refractivity contribution in [2.45, 2.75) is 37.4 Å². The molecule has 0 amide bonds. The summed E-state index contributed by atoms with van der Waals surface area (Å²) < 4.78 is 4.49. The van der Waals surface area contributed by atoms with Crippen molar-refractivity contribution in [2.24, 2.45) is 0 Å². The van der Waals surface area contributed by atoms with Gasteiger partial charge < -0.3 is 14.8 Å². The van der Waals surface area contributed by atoms with Crippen LogP contribution in [0.1, 0.15) is 26.0 Å². The van der Waals surface area contributed by atoms with E-state index in [9.17, 15) is 14.7 Å². The summed E-state index contributed by atoms with van der Waals surface area (Å²) in [4.78, 5) is 29.6. The van der Waals surface area contributed by atoms with Crippen molar-refractivity contribution in [3.63, 3.8) is 0 Å². The van der Waals surface area contributed by atoms with Crippen LogP contribution in [0.5, 0.6) is 0 Å². The van der Waals surface area contributed by atoms with Crippen LogP contribution in [-0.4, -0.2) is 39.5 Å². The topological polar surface area (TPSA) is 92.3 Å². The second-order valence-corrected chi connectivity index (χ2v) is 5.31. The Morgan fingerprint density at radius 2 is 2.32 bits per heavy atom. The minimum Gasteiger partial charge on any atom is -0.467 e. The number of rotatable bonds is 6. The first-order chi connectivity index (χ1) is 8.89. The molecule has 0 aliphatic rings. The summed E-state index contributed by atoms with van der Waals surface area (Å²) in [5.41, 5.74) is -1.15. The first-order valence-electron chi connectivity index (χ1n) is 5.93. The molecular formula is C12H18N2O4S. The molecule has 0 spiro atoms. The van der Waals surface area contributed by atoms with Crippen LogP contribution in [0.4, 0.5) is 0 Å². The smallest absolute Gasteiger partial charge is 0.338 e. The van der Waals surface area contributed by atoms with E-state index >= 15 is 0 Å². The summed E-state index contributed by atoms with van der Waals surface area (Å²) >= 11 is 1.11. The van der Waals surface area contributed by atoms with Crippen LogP contribution in [0.15, 0.2) is 16.0 Å². The Kier molecular flexibility index (Phi) is 5.56. The van der Waals surface area contributed by atoms with Crippen LogP contribution >= 0.6 is 11.8 Å². The molecule has 1 heterocycles. The first kappa shape index (κ1) is 15.7. The van der Waals surface area contributed by atoms with Crippen molar-refractivity contribution in [1.29, 1.82) is 0 Å². The molecule has 0 aromatic carbocycles. The average Bonchev–Trinajstić information content (AvgIpc) is 2.35. The van der Waals surface area contributed by atoms with E-state index in [1.54, 1.807) is 0 Å². The second kappa shape index (κ2) is 6.72. The van der Waals surface area contributed by atoms with E-state index in [4.69, 9.17) is 0 Å². The van der Waals surface area contributed by atoms with E-state index in [1.165, 1.54) is 20.1 Å². The Balaban J connectivity index is 2.77. The number of nitrogens with one attached hydrogen (secondary N) is 1. The van der Waals surface area contributed by atoms with Crippen molar-refractivity contribution < 1.29 is 14.6 Å². The number of carbonyl (C=O) groups is 1. The molecule has 1 unspecified atom stereocenters. The molecule has 1 rings (SSSR count). The molecule has 1 aromatic rings. The maximum Gasteiger partial charge on any atom is 0.338 e. The van der Waals surface area contributed by atoms with Crippen LogP contribution in [-0.2, 0) is 16.0 Å². The lowest BCUT2D eigenvalue weighted by molar-refractivity contribution is -0.158. The number of thioether (sulfide) groups is 1. The Morgan fingerprint density at radius 3 is 2.89 bits per heavy atom. The molecular weight excluding hydrogens is 268 g/mol. The quantitative estimate of drug-likeness (QED) is 0.455. The van der Waals surface area contributed by atoms with Crippen molar-refractivity contribution in [3.05, 3.63) is 22.1 Å². The van der Waals surface area contributed by atoms with Gasteiger partial charge in [-0.05, 0) is 13.3 Å². The molecule has 19 heavy (non-hydrogen) atoms. The number of methoxy groups -OCH3 is 1. The van der Waals surface area contributed by atoms with E-state index in [0.29, 0.717) is 17.3 Å². The Hall–Kier alpha value is -1.34. The number of nitrogens with zero attached hydrogens (tertiary/aromatic N) is 1. The molecule has 1 atom stereocenters. The highest BCUT2D eigenvalue weighted by atomic mass is 32.2. The van der Waals surface area contributed by atoms with Gasteiger partial charge in [-0.3, -0.25) is 4.79 Å². The lowest BCUT2D eigenvalue weighted by Gasteiger charge is -2.19. The van der Waals surface area contributed by atoms with Gasteiger partial charge in [-0.15, -0.1) is 0 Å². The van der Waals surface area contributed by atoms with E-state index in [0.717, 1.165) is 18.2 Å². The third-order valence-electron chi connectivity index (χ3n) is 2.39. The first-order valence-corrected chi connectivity index (χ1v) is 6.91. The third kappa shape index (κ3) is 4.68. The average molecular weight is 286 g/mol. The van der Waals surface area contributed by atoms with E-state index in [1.807, 2.05) is 6.92 Å². The van der Waals surface area contributed by atoms with Gasteiger partial charge in [-0.2, -0.15) is 0 Å². The van der Waals surface area contributed by atoms with Gasteiger partial charge in [0, 0.05) is 17.5 Å². The molecule has 0 aliphatic carbocycles. The largest absolute Gasteiger partial charge is 0.467 e. The van der Waals surface area contributed by atoms with Gasteiger partial charge in [0.05, 0.1) is 7.11 Å². The van der Waals surface area contributed by atoms with Crippen LogP contribution in [0.25, 0.3) is 0 Å². The summed E-state index contributed by atoms with van der Waals surface area (Å²) in [5.74, 6) is -0.662. The fourth-order valence-corrected chi connectivity index (χ4v) is 2.31. The zero-order chi connectivity index (χ0) is 14.5. The molecule has 0 bridgehead atoms. The molecule has 106 valence electrons. The van der Waals surface area contributed by atoms with Gasteiger partial charge in [-0.1, -0.05) is 25.1 Å². The highest BCUT2D eigenvalue weighted by Crippen LogP contribution is 2.19. The highest BCUT2D eigenvalue weighted by molar-refractivity contribution is 7.99. The van der Waals surface area contributed by atoms with Crippen molar-refractivity contribution in [2.75, 3.05) is 12.9 Å². The molecule has 0 saturated heterocycles. The molecule has 0 radical (unpaired) electrons. The molecule has 2 N–H and O–H groups in total. The SMILES string of the molecule is CCCc1cc(=O)[nH]c(SCC(C)(O)C(=O)OC)n1. The van der Waals surface area contributed by atoms with Gasteiger partial charge in [0.2, 0.25) is 0 Å². The summed E-state index contributed by atoms with van der Waals surface area (Å²) in [7, 11) is 1.21. The lowest BCUT2D eigenvalue weighted by atomic mass is 10.1. The number of aromatic nitrogens is 2. The van der Waals surface area contributed by atoms with Crippen LogP contribution in [0.2, 0.25) is 0 Å². The van der Waals surface area contributed by atoms with Gasteiger partial charge in [0.15, 0.2) is 10.8 Å². The molecule has 1 aromatic heterocycles. The Labute approximate surface area is 115 Å². The van der Waals surface area contributed by atoms with Gasteiger partial charge in [0.1, 0.15) is 0 Å². The summed E-state index contributed by atoms with van der Waals surface area (Å²) in [5, 5.41) is 10.3. The van der Waals surface area contributed by atoms with E-state index in [2.05, 4.69) is 14.7 Å². The summed E-state index contributed by atoms with van der Waals surface area (Å²) in [6.07, 6.45) is 1.60. The van der Waals surface area contributed by atoms with Crippen molar-refractivity contribution >= 4 is 17.7 Å². The number of esters is 1. The molecule has 0 fully saturated rings. The zero-order valence-electron chi connectivity index (χ0n) is 11.2. The monoisotopic (exact) mass is 286 g/mol. The van der Waals surface area contributed by atoms with Gasteiger partial charge >= 0.3 is 5.97 Å². The fourth-order valence-electron chi connectivity index (χ4n) is 1.42. The van der Waals surface area contributed by atoms with E-state index < -0.39 is 11.6 Å². The molecule has 6 nitrogen and oxygen atoms in total. The van der Waals surface area contributed by atoms with Crippen LogP contribution in [0.3, 0.4) is 0 Å². The maximum atomic E-state index is 11.4. The Bertz CT molecular complexity index is 499. The van der Waals surface area contributed by atoms with Gasteiger partial charge in [0.25, 0.3) is 5.56 Å². The fraction of sp³-hybridized carbons (Fsp3) is 0.583. The van der Waals surface area contributed by atoms with Crippen molar-refractivity contribution in [1.82, 2.24) is 9.97 Å².